The Bertz CT molecular complexity index is 644. The van der Waals surface area contributed by atoms with Gasteiger partial charge in [-0.1, -0.05) is 11.6 Å². The van der Waals surface area contributed by atoms with E-state index < -0.39 is 0 Å². The third-order valence-electron chi connectivity index (χ3n) is 5.25. The number of nitrogens with zero attached hydrogens (tertiary/aromatic N) is 2. The number of amides is 2. The Balaban J connectivity index is 1.65. The number of halogens is 1. The number of carbonyl (C=O) groups is 2. The monoisotopic (exact) mass is 363 g/mol. The van der Waals surface area contributed by atoms with Crippen molar-refractivity contribution in [3.8, 4) is 0 Å². The van der Waals surface area contributed by atoms with Crippen LogP contribution in [-0.2, 0) is 4.79 Å². The molecule has 0 radical (unpaired) electrons. The minimum Gasteiger partial charge on any atom is -0.370 e. The summed E-state index contributed by atoms with van der Waals surface area (Å²) in [6, 6.07) is 5.65. The predicted octanol–water partition coefficient (Wildman–Crippen LogP) is 3.06. The van der Waals surface area contributed by atoms with Gasteiger partial charge in [0.1, 0.15) is 0 Å². The summed E-state index contributed by atoms with van der Waals surface area (Å²) in [5.41, 5.74) is 6.90. The van der Waals surface area contributed by atoms with Gasteiger partial charge in [0.25, 0.3) is 5.91 Å². The maximum atomic E-state index is 12.8. The second-order valence-electron chi connectivity index (χ2n) is 7.12. The van der Waals surface area contributed by atoms with Crippen LogP contribution >= 0.6 is 11.6 Å². The second-order valence-corrected chi connectivity index (χ2v) is 7.53. The van der Waals surface area contributed by atoms with Gasteiger partial charge in [-0.15, -0.1) is 0 Å². The fraction of sp³-hybridized carbons (Fsp3) is 0.579. The molecule has 0 saturated carbocycles. The molecule has 2 heterocycles. The van der Waals surface area contributed by atoms with Crippen LogP contribution in [0.4, 0.5) is 5.69 Å². The number of hydrogen-bond donors (Lipinski definition) is 1. The number of benzene rings is 1. The van der Waals surface area contributed by atoms with Crippen molar-refractivity contribution in [2.75, 3.05) is 31.1 Å². The van der Waals surface area contributed by atoms with Crippen LogP contribution in [0.3, 0.4) is 0 Å². The van der Waals surface area contributed by atoms with E-state index in [1.165, 1.54) is 12.8 Å². The third-order valence-corrected chi connectivity index (χ3v) is 5.55. The Kier molecular flexibility index (Phi) is 5.84. The lowest BCUT2D eigenvalue weighted by Crippen LogP contribution is -2.40. The molecule has 0 bridgehead atoms. The lowest BCUT2D eigenvalue weighted by molar-refractivity contribution is -0.118. The summed E-state index contributed by atoms with van der Waals surface area (Å²) in [6.07, 6.45) is 5.55. The molecule has 0 aliphatic carbocycles. The molecule has 1 aromatic rings. The van der Waals surface area contributed by atoms with Gasteiger partial charge in [0, 0.05) is 38.2 Å². The Morgan fingerprint density at radius 1 is 1.16 bits per heavy atom. The van der Waals surface area contributed by atoms with Crippen LogP contribution in [0.25, 0.3) is 0 Å². The molecule has 2 fully saturated rings. The quantitative estimate of drug-likeness (QED) is 0.874. The van der Waals surface area contributed by atoms with Crippen LogP contribution in [0.15, 0.2) is 18.2 Å². The summed E-state index contributed by atoms with van der Waals surface area (Å²) in [6.45, 7) is 3.51. The van der Waals surface area contributed by atoms with E-state index in [-0.39, 0.29) is 11.8 Å². The number of primary amides is 1. The maximum Gasteiger partial charge on any atom is 0.253 e. The molecular weight excluding hydrogens is 338 g/mol. The van der Waals surface area contributed by atoms with E-state index in [1.807, 2.05) is 17.0 Å². The average molecular weight is 364 g/mol. The smallest absolute Gasteiger partial charge is 0.253 e. The standard InChI is InChI=1S/C19H26ClN3O2/c20-16-12-15(6-7-17(16)22-9-1-2-10-22)19(25)23-11-3-4-14(13-23)5-8-18(21)24/h6-7,12,14H,1-5,8-11,13H2,(H2,21,24). The van der Waals surface area contributed by atoms with Gasteiger partial charge in [0.15, 0.2) is 0 Å². The molecule has 136 valence electrons. The van der Waals surface area contributed by atoms with E-state index in [0.29, 0.717) is 29.5 Å². The first kappa shape index (κ1) is 18.1. The lowest BCUT2D eigenvalue weighted by Gasteiger charge is -2.33. The summed E-state index contributed by atoms with van der Waals surface area (Å²) in [7, 11) is 0. The van der Waals surface area contributed by atoms with Crippen LogP contribution in [0.5, 0.6) is 0 Å². The first-order chi connectivity index (χ1) is 12.0. The third kappa shape index (κ3) is 4.46. The second kappa shape index (κ2) is 8.09. The molecule has 6 heteroatoms. The van der Waals surface area contributed by atoms with Crippen molar-refractivity contribution >= 4 is 29.1 Å². The molecule has 2 aliphatic heterocycles. The highest BCUT2D eigenvalue weighted by molar-refractivity contribution is 6.33. The van der Waals surface area contributed by atoms with Crippen molar-refractivity contribution in [2.45, 2.75) is 38.5 Å². The van der Waals surface area contributed by atoms with Gasteiger partial charge in [-0.2, -0.15) is 0 Å². The van der Waals surface area contributed by atoms with Crippen molar-refractivity contribution < 1.29 is 9.59 Å². The first-order valence-corrected chi connectivity index (χ1v) is 9.54. The fourth-order valence-electron chi connectivity index (χ4n) is 3.87. The minimum absolute atomic E-state index is 0.0265. The molecule has 1 aromatic carbocycles. The molecule has 2 amide bonds. The molecule has 0 aromatic heterocycles. The normalized spacial score (nSPS) is 20.8. The topological polar surface area (TPSA) is 66.6 Å². The van der Waals surface area contributed by atoms with Crippen molar-refractivity contribution in [3.63, 3.8) is 0 Å². The van der Waals surface area contributed by atoms with Gasteiger partial charge in [-0.3, -0.25) is 9.59 Å². The Morgan fingerprint density at radius 2 is 1.92 bits per heavy atom. The number of nitrogens with two attached hydrogens (primary N) is 1. The molecule has 1 unspecified atom stereocenters. The molecule has 0 spiro atoms. The summed E-state index contributed by atoms with van der Waals surface area (Å²) >= 11 is 6.44. The zero-order chi connectivity index (χ0) is 17.8. The van der Waals surface area contributed by atoms with Gasteiger partial charge < -0.3 is 15.5 Å². The summed E-state index contributed by atoms with van der Waals surface area (Å²) in [4.78, 5) is 28.0. The van der Waals surface area contributed by atoms with E-state index in [2.05, 4.69) is 4.90 Å². The molecule has 2 aliphatic rings. The van der Waals surface area contributed by atoms with E-state index in [1.54, 1.807) is 6.07 Å². The van der Waals surface area contributed by atoms with Crippen molar-refractivity contribution in [1.29, 1.82) is 0 Å². The Hall–Kier alpha value is -1.75. The highest BCUT2D eigenvalue weighted by Crippen LogP contribution is 2.30. The molecule has 5 nitrogen and oxygen atoms in total. The van der Waals surface area contributed by atoms with Crippen LogP contribution in [0.2, 0.25) is 5.02 Å². The van der Waals surface area contributed by atoms with Crippen molar-refractivity contribution in [2.24, 2.45) is 11.7 Å². The van der Waals surface area contributed by atoms with Gasteiger partial charge in [-0.05, 0) is 56.2 Å². The molecule has 1 atom stereocenters. The minimum atomic E-state index is -0.271. The zero-order valence-electron chi connectivity index (χ0n) is 14.5. The van der Waals surface area contributed by atoms with Crippen LogP contribution in [-0.4, -0.2) is 42.9 Å². The Morgan fingerprint density at radius 3 is 2.60 bits per heavy atom. The van der Waals surface area contributed by atoms with Gasteiger partial charge in [-0.25, -0.2) is 0 Å². The summed E-state index contributed by atoms with van der Waals surface area (Å²) in [5, 5.41) is 0.648. The average Bonchev–Trinajstić information content (AvgIpc) is 3.14. The Labute approximate surface area is 154 Å². The largest absolute Gasteiger partial charge is 0.370 e. The van der Waals surface area contributed by atoms with Crippen LogP contribution < -0.4 is 10.6 Å². The van der Waals surface area contributed by atoms with E-state index >= 15 is 0 Å². The molecular formula is C19H26ClN3O2. The SMILES string of the molecule is NC(=O)CCC1CCCN(C(=O)c2ccc(N3CCCC3)c(Cl)c2)C1. The number of likely N-dealkylation sites (tertiary alicyclic amines) is 1. The van der Waals surface area contributed by atoms with Gasteiger partial charge in [0.05, 0.1) is 10.7 Å². The highest BCUT2D eigenvalue weighted by Gasteiger charge is 2.25. The van der Waals surface area contributed by atoms with E-state index in [4.69, 9.17) is 17.3 Å². The van der Waals surface area contributed by atoms with Crippen molar-refractivity contribution in [3.05, 3.63) is 28.8 Å². The van der Waals surface area contributed by atoms with Crippen LogP contribution in [0.1, 0.15) is 48.9 Å². The number of hydrogen-bond acceptors (Lipinski definition) is 3. The number of anilines is 1. The summed E-state index contributed by atoms with van der Waals surface area (Å²) < 4.78 is 0. The highest BCUT2D eigenvalue weighted by atomic mass is 35.5. The van der Waals surface area contributed by atoms with Gasteiger partial charge in [0.2, 0.25) is 5.91 Å². The number of rotatable bonds is 5. The molecule has 2 saturated heterocycles. The first-order valence-electron chi connectivity index (χ1n) is 9.16. The van der Waals surface area contributed by atoms with Crippen LogP contribution in [0, 0.1) is 5.92 Å². The predicted molar refractivity (Wildman–Crippen MR) is 100.0 cm³/mol. The van der Waals surface area contributed by atoms with E-state index in [9.17, 15) is 9.59 Å². The summed E-state index contributed by atoms with van der Waals surface area (Å²) in [5.74, 6) is 0.107. The number of piperidine rings is 1. The lowest BCUT2D eigenvalue weighted by atomic mass is 9.93. The molecule has 25 heavy (non-hydrogen) atoms. The fourth-order valence-corrected chi connectivity index (χ4v) is 4.17. The van der Waals surface area contributed by atoms with Gasteiger partial charge >= 0.3 is 0 Å². The number of carbonyl (C=O) groups excluding carboxylic acids is 2. The zero-order valence-corrected chi connectivity index (χ0v) is 15.3. The molecule has 3 rings (SSSR count). The van der Waals surface area contributed by atoms with Crippen molar-refractivity contribution in [1.82, 2.24) is 4.90 Å². The maximum absolute atomic E-state index is 12.8. The molecule has 2 N–H and O–H groups in total. The van der Waals surface area contributed by atoms with E-state index in [0.717, 1.165) is 44.6 Å².